The molecule has 0 bridgehead atoms. The van der Waals surface area contributed by atoms with Gasteiger partial charge in [-0.2, -0.15) is 0 Å². The Bertz CT molecular complexity index is 874. The highest BCUT2D eigenvalue weighted by Gasteiger charge is 2.07. The summed E-state index contributed by atoms with van der Waals surface area (Å²) in [6.07, 6.45) is 2.63. The second-order valence-electron chi connectivity index (χ2n) is 5.77. The number of pyridine rings is 1. The van der Waals surface area contributed by atoms with Crippen LogP contribution in [0, 0.1) is 0 Å². The van der Waals surface area contributed by atoms with Gasteiger partial charge >= 0.3 is 5.69 Å². The van der Waals surface area contributed by atoms with Gasteiger partial charge in [-0.1, -0.05) is 12.1 Å². The van der Waals surface area contributed by atoms with Gasteiger partial charge in [-0.15, -0.1) is 12.4 Å². The predicted octanol–water partition coefficient (Wildman–Crippen LogP) is 2.25. The first-order valence-electron chi connectivity index (χ1n) is 8.05. The lowest BCUT2D eigenvalue weighted by Gasteiger charge is -2.07. The summed E-state index contributed by atoms with van der Waals surface area (Å²) >= 11 is 0. The topological polar surface area (TPSA) is 61.1 Å². The van der Waals surface area contributed by atoms with Crippen molar-refractivity contribution in [3.05, 3.63) is 58.6 Å². The summed E-state index contributed by atoms with van der Waals surface area (Å²) in [4.78, 5) is 16.1. The Balaban J connectivity index is 0.00000225. The van der Waals surface area contributed by atoms with Crippen molar-refractivity contribution < 1.29 is 4.74 Å². The number of fused-ring (bicyclic) bond motifs is 1. The van der Waals surface area contributed by atoms with Gasteiger partial charge in [-0.05, 0) is 36.7 Å². The number of rotatable bonds is 7. The molecule has 0 spiro atoms. The molecule has 0 atom stereocenters. The Morgan fingerprint density at radius 3 is 2.68 bits per heavy atom. The van der Waals surface area contributed by atoms with Gasteiger partial charge in [0.2, 0.25) is 5.88 Å². The highest BCUT2D eigenvalue weighted by Crippen LogP contribution is 2.13. The monoisotopic (exact) mass is 362 g/mol. The fraction of sp³-hybridized carbons (Fsp3) is 0.333. The summed E-state index contributed by atoms with van der Waals surface area (Å²) in [6, 6.07) is 11.7. The van der Waals surface area contributed by atoms with Crippen molar-refractivity contribution in [3.63, 3.8) is 0 Å². The van der Waals surface area contributed by atoms with E-state index in [-0.39, 0.29) is 18.1 Å². The lowest BCUT2D eigenvalue weighted by molar-refractivity contribution is 0.296. The molecule has 6 nitrogen and oxygen atoms in total. The summed E-state index contributed by atoms with van der Waals surface area (Å²) in [5.41, 5.74) is 3.08. The van der Waals surface area contributed by atoms with Crippen LogP contribution in [0.25, 0.3) is 11.0 Å². The molecule has 0 aliphatic heterocycles. The summed E-state index contributed by atoms with van der Waals surface area (Å²) < 4.78 is 8.90. The third-order valence-corrected chi connectivity index (χ3v) is 4.05. The summed E-state index contributed by atoms with van der Waals surface area (Å²) in [7, 11) is 3.60. The van der Waals surface area contributed by atoms with Gasteiger partial charge in [0.1, 0.15) is 0 Å². The molecule has 1 aromatic carbocycles. The first kappa shape index (κ1) is 19.0. The molecule has 0 saturated heterocycles. The average molecular weight is 363 g/mol. The predicted molar refractivity (Wildman–Crippen MR) is 101 cm³/mol. The number of ether oxygens (including phenoxy) is 1. The van der Waals surface area contributed by atoms with Crippen LogP contribution in [0.2, 0.25) is 0 Å². The quantitative estimate of drug-likeness (QED) is 0.655. The minimum Gasteiger partial charge on any atom is -0.478 e. The molecular formula is C18H23ClN4O2. The van der Waals surface area contributed by atoms with Crippen molar-refractivity contribution in [1.82, 2.24) is 19.4 Å². The lowest BCUT2D eigenvalue weighted by atomic mass is 10.2. The van der Waals surface area contributed by atoms with Crippen LogP contribution in [-0.2, 0) is 20.6 Å². The Kier molecular flexibility index (Phi) is 6.61. The first-order chi connectivity index (χ1) is 11.7. The SMILES string of the molecule is Cl.Cn1c(=O)n(C)c2cc(CNCCCOc3ccccn3)ccc21. The van der Waals surface area contributed by atoms with Crippen molar-refractivity contribution in [2.24, 2.45) is 14.1 Å². The zero-order valence-corrected chi connectivity index (χ0v) is 15.3. The molecule has 0 unspecified atom stereocenters. The molecule has 1 N–H and O–H groups in total. The first-order valence-corrected chi connectivity index (χ1v) is 8.05. The van der Waals surface area contributed by atoms with Crippen molar-refractivity contribution in [2.75, 3.05) is 13.2 Å². The molecule has 2 aromatic heterocycles. The van der Waals surface area contributed by atoms with Crippen LogP contribution < -0.4 is 15.7 Å². The fourth-order valence-corrected chi connectivity index (χ4v) is 2.70. The third-order valence-electron chi connectivity index (χ3n) is 4.05. The Hall–Kier alpha value is -2.31. The van der Waals surface area contributed by atoms with Crippen LogP contribution in [0.5, 0.6) is 5.88 Å². The molecule has 2 heterocycles. The summed E-state index contributed by atoms with van der Waals surface area (Å²) in [5, 5.41) is 3.40. The van der Waals surface area contributed by atoms with Gasteiger partial charge < -0.3 is 10.1 Å². The maximum absolute atomic E-state index is 11.9. The molecular weight excluding hydrogens is 340 g/mol. The zero-order chi connectivity index (χ0) is 16.9. The van der Waals surface area contributed by atoms with Crippen molar-refractivity contribution >= 4 is 23.4 Å². The van der Waals surface area contributed by atoms with E-state index >= 15 is 0 Å². The van der Waals surface area contributed by atoms with Crippen molar-refractivity contribution in [1.29, 1.82) is 0 Å². The molecule has 3 rings (SSSR count). The van der Waals surface area contributed by atoms with E-state index in [4.69, 9.17) is 4.74 Å². The smallest absolute Gasteiger partial charge is 0.328 e. The molecule has 0 fully saturated rings. The Morgan fingerprint density at radius 2 is 1.92 bits per heavy atom. The van der Waals surface area contributed by atoms with E-state index in [2.05, 4.69) is 22.4 Å². The van der Waals surface area contributed by atoms with Crippen LogP contribution in [0.4, 0.5) is 0 Å². The summed E-state index contributed by atoms with van der Waals surface area (Å²) in [6.45, 7) is 2.26. The zero-order valence-electron chi connectivity index (χ0n) is 14.4. The number of nitrogens with zero attached hydrogens (tertiary/aromatic N) is 3. The van der Waals surface area contributed by atoms with Crippen LogP contribution in [0.1, 0.15) is 12.0 Å². The number of hydrogen-bond acceptors (Lipinski definition) is 4. The van der Waals surface area contributed by atoms with Gasteiger partial charge in [0.15, 0.2) is 0 Å². The standard InChI is InChI=1S/C18H22N4O2.ClH/c1-21-15-8-7-14(12-16(15)22(2)18(21)23)13-19-9-5-11-24-17-6-3-4-10-20-17;/h3-4,6-8,10,12,19H,5,9,11,13H2,1-2H3;1H. The number of nitrogens with one attached hydrogen (secondary N) is 1. The maximum atomic E-state index is 11.9. The summed E-state index contributed by atoms with van der Waals surface area (Å²) in [5.74, 6) is 0.660. The Morgan fingerprint density at radius 1 is 1.12 bits per heavy atom. The number of halogens is 1. The molecule has 0 amide bonds. The van der Waals surface area contributed by atoms with E-state index in [1.165, 1.54) is 0 Å². The molecule has 3 aromatic rings. The second kappa shape index (κ2) is 8.69. The van der Waals surface area contributed by atoms with Gasteiger partial charge in [0, 0.05) is 32.9 Å². The lowest BCUT2D eigenvalue weighted by Crippen LogP contribution is -2.19. The second-order valence-corrected chi connectivity index (χ2v) is 5.77. The third kappa shape index (κ3) is 4.41. The highest BCUT2D eigenvalue weighted by molar-refractivity contribution is 5.85. The molecule has 0 radical (unpaired) electrons. The molecule has 134 valence electrons. The van der Waals surface area contributed by atoms with Crippen LogP contribution in [0.3, 0.4) is 0 Å². The van der Waals surface area contributed by atoms with Crippen LogP contribution in [-0.4, -0.2) is 27.3 Å². The number of hydrogen-bond donors (Lipinski definition) is 1. The van der Waals surface area contributed by atoms with Crippen molar-refractivity contribution in [2.45, 2.75) is 13.0 Å². The molecule has 0 saturated carbocycles. The number of aryl methyl sites for hydroxylation is 2. The Labute approximate surface area is 152 Å². The average Bonchev–Trinajstić information content (AvgIpc) is 2.83. The van der Waals surface area contributed by atoms with E-state index in [0.717, 1.165) is 36.1 Å². The van der Waals surface area contributed by atoms with E-state index in [0.29, 0.717) is 12.5 Å². The minimum absolute atomic E-state index is 0. The number of benzene rings is 1. The van der Waals surface area contributed by atoms with Gasteiger partial charge in [0.05, 0.1) is 17.6 Å². The van der Waals surface area contributed by atoms with Gasteiger partial charge in [-0.3, -0.25) is 9.13 Å². The largest absolute Gasteiger partial charge is 0.478 e. The van der Waals surface area contributed by atoms with Gasteiger partial charge in [0.25, 0.3) is 0 Å². The normalized spacial score (nSPS) is 10.6. The number of aromatic nitrogens is 3. The fourth-order valence-electron chi connectivity index (χ4n) is 2.70. The molecule has 7 heteroatoms. The van der Waals surface area contributed by atoms with Crippen molar-refractivity contribution in [3.8, 4) is 5.88 Å². The van der Waals surface area contributed by atoms with Crippen LogP contribution >= 0.6 is 12.4 Å². The van der Waals surface area contributed by atoms with E-state index in [1.54, 1.807) is 29.4 Å². The van der Waals surface area contributed by atoms with Gasteiger partial charge in [-0.25, -0.2) is 9.78 Å². The number of imidazole rings is 1. The van der Waals surface area contributed by atoms with E-state index < -0.39 is 0 Å². The molecule has 25 heavy (non-hydrogen) atoms. The maximum Gasteiger partial charge on any atom is 0.328 e. The molecule has 0 aliphatic carbocycles. The molecule has 0 aliphatic rings. The van der Waals surface area contributed by atoms with Crippen LogP contribution in [0.15, 0.2) is 47.4 Å². The minimum atomic E-state index is 0. The van der Waals surface area contributed by atoms with E-state index in [1.807, 2.05) is 24.3 Å². The van der Waals surface area contributed by atoms with E-state index in [9.17, 15) is 4.79 Å². The highest BCUT2D eigenvalue weighted by atomic mass is 35.5.